The molecule has 2 rings (SSSR count). The van der Waals surface area contributed by atoms with Crippen molar-refractivity contribution >= 4 is 11.8 Å². The number of carbonyl (C=O) groups excluding carboxylic acids is 2. The van der Waals surface area contributed by atoms with E-state index in [1.54, 1.807) is 18.2 Å². The molecule has 0 unspecified atom stereocenters. The highest BCUT2D eigenvalue weighted by Gasteiger charge is 2.15. The molecule has 2 aromatic rings. The Morgan fingerprint density at radius 1 is 0.917 bits per heavy atom. The molecule has 0 atom stereocenters. The first-order valence-corrected chi connectivity index (χ1v) is 7.46. The Hall–Kier alpha value is -2.82. The standard InChI is InChI=1S/C19H20O5/c1-12-5-7-15(13(2)9-12)16(20)11-24-19(21)14-6-8-17(22-3)18(10-14)23-4/h5-10H,11H2,1-4H3. The van der Waals surface area contributed by atoms with Gasteiger partial charge in [0.2, 0.25) is 5.78 Å². The van der Waals surface area contributed by atoms with Crippen LogP contribution in [0.15, 0.2) is 36.4 Å². The first kappa shape index (κ1) is 17.5. The average Bonchev–Trinajstić information content (AvgIpc) is 2.58. The maximum atomic E-state index is 12.2. The van der Waals surface area contributed by atoms with Crippen molar-refractivity contribution < 1.29 is 23.8 Å². The van der Waals surface area contributed by atoms with Gasteiger partial charge >= 0.3 is 5.97 Å². The van der Waals surface area contributed by atoms with Crippen LogP contribution >= 0.6 is 0 Å². The van der Waals surface area contributed by atoms with Gasteiger partial charge in [0, 0.05) is 5.56 Å². The number of aryl methyl sites for hydroxylation is 2. The Morgan fingerprint density at radius 3 is 2.25 bits per heavy atom. The van der Waals surface area contributed by atoms with E-state index in [1.165, 1.54) is 20.3 Å². The molecule has 0 amide bonds. The molecule has 2 aromatic carbocycles. The van der Waals surface area contributed by atoms with Crippen LogP contribution in [0.2, 0.25) is 0 Å². The molecule has 0 saturated heterocycles. The van der Waals surface area contributed by atoms with Gasteiger partial charge in [-0.1, -0.05) is 23.8 Å². The molecule has 0 N–H and O–H groups in total. The number of hydrogen-bond donors (Lipinski definition) is 0. The van der Waals surface area contributed by atoms with E-state index < -0.39 is 5.97 Å². The molecule has 0 aliphatic carbocycles. The molecule has 0 aliphatic heterocycles. The zero-order valence-electron chi connectivity index (χ0n) is 14.2. The Bertz CT molecular complexity index is 764. The number of esters is 1. The van der Waals surface area contributed by atoms with Gasteiger partial charge in [-0.2, -0.15) is 0 Å². The predicted molar refractivity (Wildman–Crippen MR) is 90.1 cm³/mol. The van der Waals surface area contributed by atoms with Crippen molar-refractivity contribution in [2.75, 3.05) is 20.8 Å². The van der Waals surface area contributed by atoms with Crippen LogP contribution in [0.3, 0.4) is 0 Å². The van der Waals surface area contributed by atoms with Gasteiger partial charge in [0.15, 0.2) is 18.1 Å². The van der Waals surface area contributed by atoms with Crippen molar-refractivity contribution in [3.63, 3.8) is 0 Å². The molecule has 0 saturated carbocycles. The Kier molecular flexibility index (Phi) is 5.58. The highest BCUT2D eigenvalue weighted by molar-refractivity contribution is 6.00. The van der Waals surface area contributed by atoms with E-state index >= 15 is 0 Å². The maximum Gasteiger partial charge on any atom is 0.338 e. The molecule has 5 heteroatoms. The van der Waals surface area contributed by atoms with Crippen LogP contribution in [-0.4, -0.2) is 32.6 Å². The zero-order valence-corrected chi connectivity index (χ0v) is 14.2. The minimum Gasteiger partial charge on any atom is -0.493 e. The van der Waals surface area contributed by atoms with Crippen LogP contribution < -0.4 is 9.47 Å². The quantitative estimate of drug-likeness (QED) is 0.601. The SMILES string of the molecule is COc1ccc(C(=O)OCC(=O)c2ccc(C)cc2C)cc1OC. The lowest BCUT2D eigenvalue weighted by molar-refractivity contribution is 0.0474. The van der Waals surface area contributed by atoms with Crippen LogP contribution in [0.5, 0.6) is 11.5 Å². The minimum atomic E-state index is -0.589. The predicted octanol–water partition coefficient (Wildman–Crippen LogP) is 3.36. The Morgan fingerprint density at radius 2 is 1.62 bits per heavy atom. The molecule has 0 aliphatic rings. The smallest absolute Gasteiger partial charge is 0.338 e. The van der Waals surface area contributed by atoms with Crippen molar-refractivity contribution in [1.29, 1.82) is 0 Å². The second kappa shape index (κ2) is 7.64. The second-order valence-electron chi connectivity index (χ2n) is 5.39. The van der Waals surface area contributed by atoms with E-state index in [4.69, 9.17) is 14.2 Å². The number of ether oxygens (including phenoxy) is 3. The maximum absolute atomic E-state index is 12.2. The summed E-state index contributed by atoms with van der Waals surface area (Å²) in [5.74, 6) is 0.114. The van der Waals surface area contributed by atoms with Gasteiger partial charge in [-0.05, 0) is 37.6 Å². The van der Waals surface area contributed by atoms with Gasteiger partial charge in [-0.3, -0.25) is 4.79 Å². The van der Waals surface area contributed by atoms with Crippen LogP contribution in [-0.2, 0) is 4.74 Å². The van der Waals surface area contributed by atoms with Gasteiger partial charge in [0.05, 0.1) is 19.8 Å². The molecule has 0 fully saturated rings. The molecule has 0 radical (unpaired) electrons. The van der Waals surface area contributed by atoms with Crippen LogP contribution in [0, 0.1) is 13.8 Å². The number of methoxy groups -OCH3 is 2. The summed E-state index contributed by atoms with van der Waals surface area (Å²) >= 11 is 0. The second-order valence-corrected chi connectivity index (χ2v) is 5.39. The molecular weight excluding hydrogens is 308 g/mol. The molecule has 0 heterocycles. The van der Waals surface area contributed by atoms with E-state index in [9.17, 15) is 9.59 Å². The summed E-state index contributed by atoms with van der Waals surface area (Å²) in [5.41, 5.74) is 2.79. The van der Waals surface area contributed by atoms with E-state index in [0.717, 1.165) is 11.1 Å². The monoisotopic (exact) mass is 328 g/mol. The minimum absolute atomic E-state index is 0.235. The largest absolute Gasteiger partial charge is 0.493 e. The summed E-state index contributed by atoms with van der Waals surface area (Å²) in [6, 6.07) is 10.2. The average molecular weight is 328 g/mol. The molecule has 0 aromatic heterocycles. The van der Waals surface area contributed by atoms with Gasteiger partial charge < -0.3 is 14.2 Å². The summed E-state index contributed by atoms with van der Waals surface area (Å²) in [6.07, 6.45) is 0. The zero-order chi connectivity index (χ0) is 17.7. The van der Waals surface area contributed by atoms with Gasteiger partial charge in [0.25, 0.3) is 0 Å². The summed E-state index contributed by atoms with van der Waals surface area (Å²) < 4.78 is 15.4. The van der Waals surface area contributed by atoms with E-state index in [0.29, 0.717) is 22.6 Å². The highest BCUT2D eigenvalue weighted by atomic mass is 16.5. The third kappa shape index (κ3) is 3.93. The van der Waals surface area contributed by atoms with Crippen molar-refractivity contribution in [3.8, 4) is 11.5 Å². The number of hydrogen-bond acceptors (Lipinski definition) is 5. The summed E-state index contributed by atoms with van der Waals surface area (Å²) in [6.45, 7) is 3.51. The number of carbonyl (C=O) groups is 2. The topological polar surface area (TPSA) is 61.8 Å². The van der Waals surface area contributed by atoms with Crippen molar-refractivity contribution in [2.24, 2.45) is 0 Å². The first-order chi connectivity index (χ1) is 11.5. The van der Waals surface area contributed by atoms with Crippen molar-refractivity contribution in [3.05, 3.63) is 58.7 Å². The molecular formula is C19H20O5. The van der Waals surface area contributed by atoms with Crippen LogP contribution in [0.4, 0.5) is 0 Å². The molecule has 0 bridgehead atoms. The van der Waals surface area contributed by atoms with E-state index in [2.05, 4.69) is 0 Å². The molecule has 24 heavy (non-hydrogen) atoms. The first-order valence-electron chi connectivity index (χ1n) is 7.46. The van der Waals surface area contributed by atoms with Crippen LogP contribution in [0.25, 0.3) is 0 Å². The lowest BCUT2D eigenvalue weighted by Gasteiger charge is -2.10. The van der Waals surface area contributed by atoms with Crippen molar-refractivity contribution in [1.82, 2.24) is 0 Å². The molecule has 5 nitrogen and oxygen atoms in total. The lowest BCUT2D eigenvalue weighted by Crippen LogP contribution is -2.15. The van der Waals surface area contributed by atoms with Gasteiger partial charge in [-0.25, -0.2) is 4.79 Å². The number of Topliss-reactive ketones (excluding diaryl/α,β-unsaturated/α-hetero) is 1. The summed E-state index contributed by atoms with van der Waals surface area (Å²) in [7, 11) is 3.00. The number of benzene rings is 2. The summed E-state index contributed by atoms with van der Waals surface area (Å²) in [4.78, 5) is 24.3. The highest BCUT2D eigenvalue weighted by Crippen LogP contribution is 2.27. The lowest BCUT2D eigenvalue weighted by atomic mass is 10.0. The van der Waals surface area contributed by atoms with Crippen molar-refractivity contribution in [2.45, 2.75) is 13.8 Å². The van der Waals surface area contributed by atoms with Gasteiger partial charge in [0.1, 0.15) is 0 Å². The van der Waals surface area contributed by atoms with E-state index in [1.807, 2.05) is 26.0 Å². The molecule has 126 valence electrons. The van der Waals surface area contributed by atoms with E-state index in [-0.39, 0.29) is 12.4 Å². The third-order valence-corrected chi connectivity index (χ3v) is 3.64. The number of ketones is 1. The summed E-state index contributed by atoms with van der Waals surface area (Å²) in [5, 5.41) is 0. The van der Waals surface area contributed by atoms with Gasteiger partial charge in [-0.15, -0.1) is 0 Å². The van der Waals surface area contributed by atoms with Crippen LogP contribution in [0.1, 0.15) is 31.8 Å². The fourth-order valence-electron chi connectivity index (χ4n) is 2.38. The fraction of sp³-hybridized carbons (Fsp3) is 0.263. The number of rotatable bonds is 6. The normalized spacial score (nSPS) is 10.2. The Labute approximate surface area is 141 Å². The Balaban J connectivity index is 2.06. The third-order valence-electron chi connectivity index (χ3n) is 3.64. The fourth-order valence-corrected chi connectivity index (χ4v) is 2.38. The molecule has 0 spiro atoms.